The lowest BCUT2D eigenvalue weighted by molar-refractivity contribution is -0.305. The number of carbonyl (C=O) groups is 1. The van der Waals surface area contributed by atoms with E-state index in [0.717, 1.165) is 83.5 Å². The highest BCUT2D eigenvalue weighted by molar-refractivity contribution is 5.69. The van der Waals surface area contributed by atoms with Crippen molar-refractivity contribution >= 4 is 5.97 Å². The number of rotatable bonds is 30. The fourth-order valence-electron chi connectivity index (χ4n) is 5.03. The summed E-state index contributed by atoms with van der Waals surface area (Å²) in [7, 11) is 0. The molecule has 0 radical (unpaired) electrons. The molecule has 4 N–H and O–H groups in total. The molecule has 1 rings (SSSR count). The molecule has 0 bridgehead atoms. The highest BCUT2D eigenvalue weighted by atomic mass is 16.7. The number of esters is 1. The Kier molecular flexibility index (Phi) is 30.2. The van der Waals surface area contributed by atoms with Gasteiger partial charge in [0.15, 0.2) is 6.29 Å². The summed E-state index contributed by atoms with van der Waals surface area (Å²) >= 11 is 0. The van der Waals surface area contributed by atoms with Crippen LogP contribution in [0, 0.1) is 0 Å². The van der Waals surface area contributed by atoms with Crippen LogP contribution in [0.1, 0.15) is 110 Å². The Hall–Kier alpha value is -2.63. The highest BCUT2D eigenvalue weighted by Crippen LogP contribution is 2.22. The standard InChI is InChI=1S/C42H68O9/c1-3-5-7-8-9-10-11-12-13-14-15-16-17-18-19-20-21-22-23-24-25-26-27-28-29-30-32-48-34-36(50-38(44)31-6-4-2)35-49-42-41(47)40(46)39(45)37(33-43)51-42/h5,7,9-10,12-13,15-16,18-19,21-22,24-25,36-37,39-43,45-47H,3-4,6,8,11,14,17,20,23,26-35H2,1-2H3/b7-5-,10-9-,13-12-,16-15-,19-18-,22-21-,25-24-. The first-order valence-electron chi connectivity index (χ1n) is 19.2. The van der Waals surface area contributed by atoms with Gasteiger partial charge < -0.3 is 39.4 Å². The Morgan fingerprint density at radius 3 is 1.71 bits per heavy atom. The normalized spacial score (nSPS) is 22.4. The van der Waals surface area contributed by atoms with E-state index in [0.29, 0.717) is 13.0 Å². The van der Waals surface area contributed by atoms with Crippen molar-refractivity contribution < 1.29 is 44.2 Å². The van der Waals surface area contributed by atoms with Crippen molar-refractivity contribution in [3.8, 4) is 0 Å². The lowest BCUT2D eigenvalue weighted by Crippen LogP contribution is -2.59. The minimum Gasteiger partial charge on any atom is -0.457 e. The van der Waals surface area contributed by atoms with E-state index >= 15 is 0 Å². The number of carbonyl (C=O) groups excluding carboxylic acids is 1. The van der Waals surface area contributed by atoms with Crippen molar-refractivity contribution in [2.45, 2.75) is 147 Å². The number of aliphatic hydroxyl groups excluding tert-OH is 4. The van der Waals surface area contributed by atoms with Gasteiger partial charge in [-0.25, -0.2) is 0 Å². The van der Waals surface area contributed by atoms with E-state index in [-0.39, 0.29) is 25.6 Å². The Morgan fingerprint density at radius 2 is 1.18 bits per heavy atom. The minimum absolute atomic E-state index is 0.118. The van der Waals surface area contributed by atoms with E-state index in [9.17, 15) is 25.2 Å². The summed E-state index contributed by atoms with van der Waals surface area (Å²) in [6.45, 7) is 4.09. The topological polar surface area (TPSA) is 135 Å². The summed E-state index contributed by atoms with van der Waals surface area (Å²) in [4.78, 5) is 12.2. The molecule has 0 amide bonds. The third-order valence-corrected chi connectivity index (χ3v) is 8.08. The summed E-state index contributed by atoms with van der Waals surface area (Å²) in [5, 5.41) is 39.6. The monoisotopic (exact) mass is 716 g/mol. The largest absolute Gasteiger partial charge is 0.457 e. The average molecular weight is 717 g/mol. The summed E-state index contributed by atoms with van der Waals surface area (Å²) < 4.78 is 22.3. The predicted octanol–water partition coefficient (Wildman–Crippen LogP) is 7.52. The van der Waals surface area contributed by atoms with Gasteiger partial charge in [-0.05, 0) is 70.6 Å². The zero-order valence-corrected chi connectivity index (χ0v) is 31.3. The number of unbranched alkanes of at least 4 members (excludes halogenated alkanes) is 5. The van der Waals surface area contributed by atoms with Crippen LogP contribution in [0.3, 0.4) is 0 Å². The molecule has 0 spiro atoms. The Labute approximate surface area is 308 Å². The van der Waals surface area contributed by atoms with Crippen molar-refractivity contribution in [3.63, 3.8) is 0 Å². The van der Waals surface area contributed by atoms with Crippen molar-refractivity contribution in [1.82, 2.24) is 0 Å². The van der Waals surface area contributed by atoms with Gasteiger partial charge in [0, 0.05) is 13.0 Å². The molecule has 1 aliphatic heterocycles. The summed E-state index contributed by atoms with van der Waals surface area (Å²) in [5.74, 6) is -0.364. The average Bonchev–Trinajstić information content (AvgIpc) is 3.13. The van der Waals surface area contributed by atoms with Gasteiger partial charge in [-0.3, -0.25) is 4.79 Å². The van der Waals surface area contributed by atoms with Gasteiger partial charge in [0.05, 0.1) is 19.8 Å². The SMILES string of the molecule is CC/C=C\C/C=C\C/C=C\C/C=C\C/C=C\C/C=C\C/C=C\CCCCCCOCC(COC1OC(CO)C(O)C(O)C1O)OC(=O)CCCC. The van der Waals surface area contributed by atoms with Gasteiger partial charge in [-0.15, -0.1) is 0 Å². The highest BCUT2D eigenvalue weighted by Gasteiger charge is 2.44. The molecule has 6 atom stereocenters. The summed E-state index contributed by atoms with van der Waals surface area (Å²) in [6.07, 6.45) is 37.3. The smallest absolute Gasteiger partial charge is 0.306 e. The molecule has 6 unspecified atom stereocenters. The van der Waals surface area contributed by atoms with Crippen LogP contribution in [0.15, 0.2) is 85.1 Å². The number of hydrogen-bond donors (Lipinski definition) is 4. The third kappa shape index (κ3) is 25.1. The number of ether oxygens (including phenoxy) is 4. The second-order valence-electron chi connectivity index (χ2n) is 12.6. The van der Waals surface area contributed by atoms with Gasteiger partial charge in [-0.1, -0.05) is 118 Å². The van der Waals surface area contributed by atoms with E-state index in [2.05, 4.69) is 92.0 Å². The maximum Gasteiger partial charge on any atom is 0.306 e. The van der Waals surface area contributed by atoms with Crippen LogP contribution >= 0.6 is 0 Å². The van der Waals surface area contributed by atoms with E-state index < -0.39 is 43.4 Å². The molecule has 9 nitrogen and oxygen atoms in total. The van der Waals surface area contributed by atoms with Crippen LogP contribution in [0.5, 0.6) is 0 Å². The molecule has 51 heavy (non-hydrogen) atoms. The molecule has 0 saturated carbocycles. The molecule has 9 heteroatoms. The van der Waals surface area contributed by atoms with Crippen molar-refractivity contribution in [2.24, 2.45) is 0 Å². The van der Waals surface area contributed by atoms with Gasteiger partial charge in [-0.2, -0.15) is 0 Å². The second-order valence-corrected chi connectivity index (χ2v) is 12.6. The molecule has 1 aliphatic rings. The molecular formula is C42H68O9. The molecule has 0 aliphatic carbocycles. The van der Waals surface area contributed by atoms with Crippen LogP contribution in [-0.2, 0) is 23.7 Å². The summed E-state index contributed by atoms with van der Waals surface area (Å²) in [6, 6.07) is 0. The van der Waals surface area contributed by atoms with Crippen LogP contribution in [-0.4, -0.2) is 89.6 Å². The molecule has 1 fully saturated rings. The molecule has 1 saturated heterocycles. The maximum atomic E-state index is 12.2. The van der Waals surface area contributed by atoms with E-state index in [4.69, 9.17) is 18.9 Å². The Bertz CT molecular complexity index is 1040. The molecule has 0 aromatic rings. The van der Waals surface area contributed by atoms with Crippen LogP contribution < -0.4 is 0 Å². The Morgan fingerprint density at radius 1 is 0.647 bits per heavy atom. The first-order valence-corrected chi connectivity index (χ1v) is 19.2. The predicted molar refractivity (Wildman–Crippen MR) is 205 cm³/mol. The lowest BCUT2D eigenvalue weighted by atomic mass is 9.99. The third-order valence-electron chi connectivity index (χ3n) is 8.08. The van der Waals surface area contributed by atoms with Crippen molar-refractivity contribution in [2.75, 3.05) is 26.4 Å². The van der Waals surface area contributed by atoms with Crippen LogP contribution in [0.4, 0.5) is 0 Å². The second kappa shape index (κ2) is 33.2. The fourth-order valence-corrected chi connectivity index (χ4v) is 5.03. The van der Waals surface area contributed by atoms with Gasteiger partial charge >= 0.3 is 5.97 Å². The van der Waals surface area contributed by atoms with Crippen LogP contribution in [0.2, 0.25) is 0 Å². The molecule has 1 heterocycles. The van der Waals surface area contributed by atoms with E-state index in [1.807, 2.05) is 6.92 Å². The Balaban J connectivity index is 2.13. The minimum atomic E-state index is -1.54. The number of allylic oxidation sites excluding steroid dienone is 14. The zero-order valence-electron chi connectivity index (χ0n) is 31.3. The van der Waals surface area contributed by atoms with Crippen molar-refractivity contribution in [3.05, 3.63) is 85.1 Å². The van der Waals surface area contributed by atoms with Crippen molar-refractivity contribution in [1.29, 1.82) is 0 Å². The van der Waals surface area contributed by atoms with Crippen LogP contribution in [0.25, 0.3) is 0 Å². The lowest BCUT2D eigenvalue weighted by Gasteiger charge is -2.39. The first kappa shape index (κ1) is 46.4. The maximum absolute atomic E-state index is 12.2. The molecular weight excluding hydrogens is 648 g/mol. The van der Waals surface area contributed by atoms with E-state index in [1.54, 1.807) is 0 Å². The first-order chi connectivity index (χ1) is 24.9. The molecule has 0 aromatic carbocycles. The van der Waals surface area contributed by atoms with Gasteiger partial charge in [0.2, 0.25) is 0 Å². The number of hydrogen-bond acceptors (Lipinski definition) is 9. The van der Waals surface area contributed by atoms with Gasteiger partial charge in [0.25, 0.3) is 0 Å². The van der Waals surface area contributed by atoms with E-state index in [1.165, 1.54) is 0 Å². The zero-order chi connectivity index (χ0) is 37.2. The molecule has 290 valence electrons. The fraction of sp³-hybridized carbons (Fsp3) is 0.643. The summed E-state index contributed by atoms with van der Waals surface area (Å²) in [5.41, 5.74) is 0. The number of aliphatic hydroxyl groups is 4. The molecule has 0 aromatic heterocycles. The quantitative estimate of drug-likeness (QED) is 0.0338. The van der Waals surface area contributed by atoms with Gasteiger partial charge in [0.1, 0.15) is 30.5 Å².